The summed E-state index contributed by atoms with van der Waals surface area (Å²) >= 11 is 0. The summed E-state index contributed by atoms with van der Waals surface area (Å²) < 4.78 is 39.5. The van der Waals surface area contributed by atoms with Gasteiger partial charge in [-0.1, -0.05) is 29.8 Å². The van der Waals surface area contributed by atoms with E-state index in [1.807, 2.05) is 6.92 Å². The molecule has 0 bridgehead atoms. The molecule has 0 aromatic heterocycles. The molecule has 7 heteroatoms. The number of aliphatic hydroxyl groups excluding tert-OH is 1. The van der Waals surface area contributed by atoms with E-state index in [-0.39, 0.29) is 11.5 Å². The molecule has 1 N–H and O–H groups in total. The van der Waals surface area contributed by atoms with Crippen LogP contribution in [0.15, 0.2) is 53.4 Å². The number of para-hydroxylation sites is 2. The van der Waals surface area contributed by atoms with Crippen molar-refractivity contribution in [1.29, 1.82) is 0 Å². The predicted molar refractivity (Wildman–Crippen MR) is 88.8 cm³/mol. The van der Waals surface area contributed by atoms with Crippen LogP contribution in [0.1, 0.15) is 5.56 Å². The number of hydrogen-bond donors (Lipinski definition) is 1. The summed E-state index contributed by atoms with van der Waals surface area (Å²) in [5.41, 5.74) is 0.944. The van der Waals surface area contributed by atoms with Crippen LogP contribution in [-0.4, -0.2) is 40.0 Å². The fourth-order valence-electron chi connectivity index (χ4n) is 1.91. The molecular formula is C17H20O6S. The van der Waals surface area contributed by atoms with Crippen LogP contribution in [-0.2, 0) is 14.3 Å². The van der Waals surface area contributed by atoms with Gasteiger partial charge in [0, 0.05) is 0 Å². The number of methoxy groups -OCH3 is 1. The Labute approximate surface area is 141 Å². The second-order valence-electron chi connectivity index (χ2n) is 5.17. The molecule has 0 aliphatic rings. The van der Waals surface area contributed by atoms with E-state index in [0.29, 0.717) is 11.5 Å². The molecule has 0 radical (unpaired) electrons. The van der Waals surface area contributed by atoms with Gasteiger partial charge in [-0.05, 0) is 31.2 Å². The highest BCUT2D eigenvalue weighted by atomic mass is 32.2. The first-order valence-corrected chi connectivity index (χ1v) is 8.73. The summed E-state index contributed by atoms with van der Waals surface area (Å²) in [5.74, 6) is 0.985. The molecule has 0 spiro atoms. The van der Waals surface area contributed by atoms with Gasteiger partial charge in [-0.2, -0.15) is 8.42 Å². The summed E-state index contributed by atoms with van der Waals surface area (Å²) in [4.78, 5) is 0.0472. The molecule has 0 heterocycles. The van der Waals surface area contributed by atoms with E-state index in [2.05, 4.69) is 0 Å². The van der Waals surface area contributed by atoms with Crippen LogP contribution >= 0.6 is 0 Å². The Morgan fingerprint density at radius 1 is 1.00 bits per heavy atom. The van der Waals surface area contributed by atoms with Crippen molar-refractivity contribution in [3.05, 3.63) is 54.1 Å². The van der Waals surface area contributed by atoms with Crippen LogP contribution in [0.3, 0.4) is 0 Å². The number of benzene rings is 2. The largest absolute Gasteiger partial charge is 0.493 e. The molecule has 2 aromatic rings. The molecule has 24 heavy (non-hydrogen) atoms. The zero-order valence-corrected chi connectivity index (χ0v) is 14.3. The number of rotatable bonds is 8. The van der Waals surface area contributed by atoms with E-state index >= 15 is 0 Å². The number of ether oxygens (including phenoxy) is 2. The standard InChI is InChI=1S/C17H20O6S/c1-13-7-9-15(10-8-13)24(19,20)23-12-14(18)11-22-17-6-4-3-5-16(17)21-2/h3-10,14,18H,11-12H2,1-2H3. The van der Waals surface area contributed by atoms with Crippen molar-refractivity contribution in [2.45, 2.75) is 17.9 Å². The molecule has 0 amide bonds. The highest BCUT2D eigenvalue weighted by Crippen LogP contribution is 2.25. The first-order valence-electron chi connectivity index (χ1n) is 7.32. The number of aliphatic hydroxyl groups is 1. The normalized spacial score (nSPS) is 12.6. The summed E-state index contributed by atoms with van der Waals surface area (Å²) in [5, 5.41) is 9.87. The number of hydrogen-bond acceptors (Lipinski definition) is 6. The lowest BCUT2D eigenvalue weighted by Crippen LogP contribution is -2.25. The van der Waals surface area contributed by atoms with Gasteiger partial charge in [0.05, 0.1) is 18.6 Å². The van der Waals surface area contributed by atoms with Gasteiger partial charge in [-0.15, -0.1) is 0 Å². The van der Waals surface area contributed by atoms with Crippen LogP contribution in [0.4, 0.5) is 0 Å². The van der Waals surface area contributed by atoms with Gasteiger partial charge in [0.15, 0.2) is 11.5 Å². The Morgan fingerprint density at radius 3 is 2.25 bits per heavy atom. The molecular weight excluding hydrogens is 332 g/mol. The van der Waals surface area contributed by atoms with Gasteiger partial charge in [-0.3, -0.25) is 4.18 Å². The molecule has 1 unspecified atom stereocenters. The van der Waals surface area contributed by atoms with Crippen molar-refractivity contribution >= 4 is 10.1 Å². The first-order chi connectivity index (χ1) is 11.4. The summed E-state index contributed by atoms with van der Waals surface area (Å²) in [7, 11) is -2.40. The van der Waals surface area contributed by atoms with Gasteiger partial charge in [0.25, 0.3) is 10.1 Å². The van der Waals surface area contributed by atoms with Crippen LogP contribution in [0.5, 0.6) is 11.5 Å². The monoisotopic (exact) mass is 352 g/mol. The first kappa shape index (κ1) is 18.3. The second-order valence-corrected chi connectivity index (χ2v) is 6.78. The van der Waals surface area contributed by atoms with Crippen molar-refractivity contribution in [3.8, 4) is 11.5 Å². The SMILES string of the molecule is COc1ccccc1OCC(O)COS(=O)(=O)c1ccc(C)cc1. The van der Waals surface area contributed by atoms with E-state index in [1.165, 1.54) is 19.2 Å². The van der Waals surface area contributed by atoms with Crippen molar-refractivity contribution in [2.24, 2.45) is 0 Å². The third-order valence-electron chi connectivity index (χ3n) is 3.23. The van der Waals surface area contributed by atoms with E-state index < -0.39 is 22.8 Å². The highest BCUT2D eigenvalue weighted by Gasteiger charge is 2.18. The van der Waals surface area contributed by atoms with Gasteiger partial charge in [-0.25, -0.2) is 0 Å². The molecule has 0 aliphatic heterocycles. The minimum atomic E-state index is -3.91. The molecule has 130 valence electrons. The second kappa shape index (κ2) is 8.14. The highest BCUT2D eigenvalue weighted by molar-refractivity contribution is 7.86. The summed E-state index contributed by atoms with van der Waals surface area (Å²) in [6, 6.07) is 13.2. The third kappa shape index (κ3) is 4.95. The molecule has 2 rings (SSSR count). The molecule has 0 saturated carbocycles. The molecule has 0 aliphatic carbocycles. The maximum Gasteiger partial charge on any atom is 0.297 e. The third-order valence-corrected chi connectivity index (χ3v) is 4.52. The molecule has 2 aromatic carbocycles. The Morgan fingerprint density at radius 2 is 1.62 bits per heavy atom. The predicted octanol–water partition coefficient (Wildman–Crippen LogP) is 2.15. The van der Waals surface area contributed by atoms with Crippen molar-refractivity contribution in [2.75, 3.05) is 20.3 Å². The van der Waals surface area contributed by atoms with E-state index in [4.69, 9.17) is 13.7 Å². The minimum Gasteiger partial charge on any atom is -0.493 e. The Hall–Kier alpha value is -2.09. The molecule has 0 saturated heterocycles. The van der Waals surface area contributed by atoms with Gasteiger partial charge >= 0.3 is 0 Å². The Bertz CT molecular complexity index is 755. The molecule has 0 fully saturated rings. The van der Waals surface area contributed by atoms with E-state index in [9.17, 15) is 13.5 Å². The smallest absolute Gasteiger partial charge is 0.297 e. The van der Waals surface area contributed by atoms with Crippen molar-refractivity contribution in [3.63, 3.8) is 0 Å². The fourth-order valence-corrected chi connectivity index (χ4v) is 2.85. The summed E-state index contributed by atoms with van der Waals surface area (Å²) in [6.45, 7) is 1.34. The lowest BCUT2D eigenvalue weighted by molar-refractivity contribution is 0.0638. The molecule has 1 atom stereocenters. The average Bonchev–Trinajstić information content (AvgIpc) is 2.59. The van der Waals surface area contributed by atoms with Crippen LogP contribution in [0.2, 0.25) is 0 Å². The van der Waals surface area contributed by atoms with Crippen LogP contribution in [0, 0.1) is 6.92 Å². The van der Waals surface area contributed by atoms with Crippen LogP contribution < -0.4 is 9.47 Å². The zero-order chi connectivity index (χ0) is 17.6. The van der Waals surface area contributed by atoms with Crippen molar-refractivity contribution in [1.82, 2.24) is 0 Å². The Kier molecular flexibility index (Phi) is 6.19. The van der Waals surface area contributed by atoms with Gasteiger partial charge in [0.2, 0.25) is 0 Å². The quantitative estimate of drug-likeness (QED) is 0.733. The molecule has 6 nitrogen and oxygen atoms in total. The maximum atomic E-state index is 12.0. The lowest BCUT2D eigenvalue weighted by atomic mass is 10.2. The average molecular weight is 352 g/mol. The fraction of sp³-hybridized carbons (Fsp3) is 0.294. The minimum absolute atomic E-state index is 0.0472. The Balaban J connectivity index is 1.88. The van der Waals surface area contributed by atoms with E-state index in [1.54, 1.807) is 36.4 Å². The van der Waals surface area contributed by atoms with Gasteiger partial charge < -0.3 is 14.6 Å². The topological polar surface area (TPSA) is 82.1 Å². The zero-order valence-electron chi connectivity index (χ0n) is 13.5. The maximum absolute atomic E-state index is 12.0. The van der Waals surface area contributed by atoms with Gasteiger partial charge in [0.1, 0.15) is 12.7 Å². The summed E-state index contributed by atoms with van der Waals surface area (Å²) in [6.07, 6.45) is -1.10. The van der Waals surface area contributed by atoms with Crippen molar-refractivity contribution < 1.29 is 27.2 Å². The lowest BCUT2D eigenvalue weighted by Gasteiger charge is -2.14. The van der Waals surface area contributed by atoms with Crippen LogP contribution in [0.25, 0.3) is 0 Å². The van der Waals surface area contributed by atoms with E-state index in [0.717, 1.165) is 5.56 Å². The number of aryl methyl sites for hydroxylation is 1.